The van der Waals surface area contributed by atoms with E-state index < -0.39 is 11.7 Å². The molecule has 0 fully saturated rings. The quantitative estimate of drug-likeness (QED) is 0.889. The van der Waals surface area contributed by atoms with E-state index in [0.717, 1.165) is 18.1 Å². The molecule has 0 radical (unpaired) electrons. The fourth-order valence-corrected chi connectivity index (χ4v) is 1.68. The van der Waals surface area contributed by atoms with E-state index in [1.54, 1.807) is 6.20 Å². The van der Waals surface area contributed by atoms with Crippen LogP contribution in [0.3, 0.4) is 0 Å². The Morgan fingerprint density at radius 2 is 2.32 bits per heavy atom. The number of anilines is 1. The standard InChI is InChI=1S/C13H14FN3O2/c1-3-8-7-15-17-12(8)16-13(18)9-4-5-11(19-2)10(14)6-9/h4-7H,3H2,1-2H3,(H2,15,16,17,18). The molecule has 0 unspecified atom stereocenters. The summed E-state index contributed by atoms with van der Waals surface area (Å²) in [6.07, 6.45) is 2.38. The highest BCUT2D eigenvalue weighted by atomic mass is 19.1. The van der Waals surface area contributed by atoms with Crippen LogP contribution in [0.25, 0.3) is 0 Å². The fourth-order valence-electron chi connectivity index (χ4n) is 1.68. The number of H-pyrrole nitrogens is 1. The zero-order chi connectivity index (χ0) is 13.8. The minimum atomic E-state index is -0.574. The molecule has 0 spiro atoms. The SMILES string of the molecule is CCc1cn[nH]c1NC(=O)c1ccc(OC)c(F)c1. The third kappa shape index (κ3) is 2.73. The van der Waals surface area contributed by atoms with Crippen LogP contribution in [0, 0.1) is 5.82 Å². The molecule has 0 aliphatic rings. The van der Waals surface area contributed by atoms with Gasteiger partial charge in [0.2, 0.25) is 0 Å². The number of ether oxygens (including phenoxy) is 1. The smallest absolute Gasteiger partial charge is 0.256 e. The normalized spacial score (nSPS) is 10.3. The van der Waals surface area contributed by atoms with Gasteiger partial charge in [0.1, 0.15) is 5.82 Å². The predicted octanol–water partition coefficient (Wildman–Crippen LogP) is 2.37. The molecule has 6 heteroatoms. The molecule has 0 bridgehead atoms. The molecule has 0 atom stereocenters. The first-order valence-corrected chi connectivity index (χ1v) is 5.82. The number of carbonyl (C=O) groups is 1. The lowest BCUT2D eigenvalue weighted by Gasteiger charge is -2.06. The number of amides is 1. The number of aromatic nitrogens is 2. The van der Waals surface area contributed by atoms with Crippen molar-refractivity contribution >= 4 is 11.7 Å². The van der Waals surface area contributed by atoms with Gasteiger partial charge < -0.3 is 10.1 Å². The third-order valence-corrected chi connectivity index (χ3v) is 2.75. The molecule has 0 saturated heterocycles. The summed E-state index contributed by atoms with van der Waals surface area (Å²) in [6, 6.07) is 4.05. The number of nitrogens with zero attached hydrogens (tertiary/aromatic N) is 1. The summed E-state index contributed by atoms with van der Waals surface area (Å²) in [5.74, 6) is -0.341. The van der Waals surface area contributed by atoms with Gasteiger partial charge in [-0.25, -0.2) is 4.39 Å². The molecule has 19 heavy (non-hydrogen) atoms. The van der Waals surface area contributed by atoms with E-state index in [0.29, 0.717) is 5.82 Å². The Hall–Kier alpha value is -2.37. The maximum atomic E-state index is 13.5. The van der Waals surface area contributed by atoms with Crippen molar-refractivity contribution < 1.29 is 13.9 Å². The van der Waals surface area contributed by atoms with Gasteiger partial charge in [-0.3, -0.25) is 9.89 Å². The summed E-state index contributed by atoms with van der Waals surface area (Å²) in [6.45, 7) is 1.95. The van der Waals surface area contributed by atoms with Crippen LogP contribution in [-0.4, -0.2) is 23.2 Å². The highest BCUT2D eigenvalue weighted by Gasteiger charge is 2.12. The molecule has 1 amide bonds. The average molecular weight is 263 g/mol. The number of carbonyl (C=O) groups excluding carboxylic acids is 1. The first-order chi connectivity index (χ1) is 9.15. The number of aryl methyl sites for hydroxylation is 1. The highest BCUT2D eigenvalue weighted by molar-refractivity contribution is 6.04. The van der Waals surface area contributed by atoms with Crippen molar-refractivity contribution in [2.45, 2.75) is 13.3 Å². The lowest BCUT2D eigenvalue weighted by atomic mass is 10.2. The number of halogens is 1. The van der Waals surface area contributed by atoms with Gasteiger partial charge in [0.05, 0.1) is 13.3 Å². The second-order valence-corrected chi connectivity index (χ2v) is 3.93. The molecule has 0 saturated carbocycles. The molecule has 2 N–H and O–H groups in total. The maximum Gasteiger partial charge on any atom is 0.256 e. The number of aromatic amines is 1. The number of benzene rings is 1. The number of rotatable bonds is 4. The predicted molar refractivity (Wildman–Crippen MR) is 68.9 cm³/mol. The summed E-state index contributed by atoms with van der Waals surface area (Å²) in [5.41, 5.74) is 1.11. The molecule has 1 aromatic heterocycles. The van der Waals surface area contributed by atoms with Crippen molar-refractivity contribution in [2.75, 3.05) is 12.4 Å². The van der Waals surface area contributed by atoms with E-state index in [1.165, 1.54) is 19.2 Å². The van der Waals surface area contributed by atoms with Crippen LogP contribution in [-0.2, 0) is 6.42 Å². The first kappa shape index (κ1) is 13.1. The number of nitrogens with one attached hydrogen (secondary N) is 2. The van der Waals surface area contributed by atoms with Gasteiger partial charge in [-0.2, -0.15) is 5.10 Å². The van der Waals surface area contributed by atoms with Crippen molar-refractivity contribution in [3.63, 3.8) is 0 Å². The monoisotopic (exact) mass is 263 g/mol. The van der Waals surface area contributed by atoms with E-state index in [-0.39, 0.29) is 11.3 Å². The van der Waals surface area contributed by atoms with Crippen molar-refractivity contribution in [2.24, 2.45) is 0 Å². The minimum Gasteiger partial charge on any atom is -0.494 e. The van der Waals surface area contributed by atoms with Crippen molar-refractivity contribution in [3.8, 4) is 5.75 Å². The van der Waals surface area contributed by atoms with Crippen LogP contribution in [0.1, 0.15) is 22.8 Å². The molecule has 0 aliphatic heterocycles. The van der Waals surface area contributed by atoms with Crippen LogP contribution in [0.15, 0.2) is 24.4 Å². The molecular formula is C13H14FN3O2. The zero-order valence-electron chi connectivity index (χ0n) is 10.7. The van der Waals surface area contributed by atoms with Crippen molar-refractivity contribution in [3.05, 3.63) is 41.3 Å². The molecule has 2 rings (SSSR count). The number of hydrogen-bond donors (Lipinski definition) is 2. The fraction of sp³-hybridized carbons (Fsp3) is 0.231. The van der Waals surface area contributed by atoms with Crippen LogP contribution >= 0.6 is 0 Å². The number of hydrogen-bond acceptors (Lipinski definition) is 3. The molecule has 2 aromatic rings. The summed E-state index contributed by atoms with van der Waals surface area (Å²) < 4.78 is 18.3. The molecule has 1 heterocycles. The number of methoxy groups -OCH3 is 1. The van der Waals surface area contributed by atoms with Crippen LogP contribution in [0.4, 0.5) is 10.2 Å². The Balaban J connectivity index is 2.18. The van der Waals surface area contributed by atoms with Crippen LogP contribution in [0.5, 0.6) is 5.75 Å². The maximum absolute atomic E-state index is 13.5. The van der Waals surface area contributed by atoms with Gasteiger partial charge in [-0.1, -0.05) is 6.92 Å². The highest BCUT2D eigenvalue weighted by Crippen LogP contribution is 2.19. The van der Waals surface area contributed by atoms with E-state index in [2.05, 4.69) is 15.5 Å². The van der Waals surface area contributed by atoms with E-state index in [9.17, 15) is 9.18 Å². The molecule has 1 aromatic carbocycles. The molecule has 5 nitrogen and oxygen atoms in total. The van der Waals surface area contributed by atoms with Crippen LogP contribution < -0.4 is 10.1 Å². The third-order valence-electron chi connectivity index (χ3n) is 2.75. The van der Waals surface area contributed by atoms with Gasteiger partial charge in [-0.05, 0) is 24.6 Å². The Morgan fingerprint density at radius 1 is 1.53 bits per heavy atom. The largest absolute Gasteiger partial charge is 0.494 e. The van der Waals surface area contributed by atoms with Gasteiger partial charge >= 0.3 is 0 Å². The van der Waals surface area contributed by atoms with Crippen LogP contribution in [0.2, 0.25) is 0 Å². The topological polar surface area (TPSA) is 67.0 Å². The van der Waals surface area contributed by atoms with Gasteiger partial charge in [0.15, 0.2) is 11.6 Å². The summed E-state index contributed by atoms with van der Waals surface area (Å²) in [7, 11) is 1.37. The van der Waals surface area contributed by atoms with Gasteiger partial charge in [-0.15, -0.1) is 0 Å². The van der Waals surface area contributed by atoms with E-state index in [4.69, 9.17) is 4.74 Å². The summed E-state index contributed by atoms with van der Waals surface area (Å²) in [4.78, 5) is 12.0. The second kappa shape index (κ2) is 5.51. The molecule has 100 valence electrons. The lowest BCUT2D eigenvalue weighted by Crippen LogP contribution is -2.13. The Labute approximate surface area is 109 Å². The second-order valence-electron chi connectivity index (χ2n) is 3.93. The Bertz CT molecular complexity index is 595. The van der Waals surface area contributed by atoms with Gasteiger partial charge in [0, 0.05) is 11.1 Å². The van der Waals surface area contributed by atoms with E-state index in [1.807, 2.05) is 6.92 Å². The Kier molecular flexibility index (Phi) is 3.79. The first-order valence-electron chi connectivity index (χ1n) is 5.82. The van der Waals surface area contributed by atoms with Crippen molar-refractivity contribution in [1.29, 1.82) is 0 Å². The summed E-state index contributed by atoms with van der Waals surface area (Å²) in [5, 5.41) is 9.20. The minimum absolute atomic E-state index is 0.104. The summed E-state index contributed by atoms with van der Waals surface area (Å²) >= 11 is 0. The molecular weight excluding hydrogens is 249 g/mol. The average Bonchev–Trinajstić information content (AvgIpc) is 2.85. The van der Waals surface area contributed by atoms with Crippen molar-refractivity contribution in [1.82, 2.24) is 10.2 Å². The lowest BCUT2D eigenvalue weighted by molar-refractivity contribution is 0.102. The van der Waals surface area contributed by atoms with Gasteiger partial charge in [0.25, 0.3) is 5.91 Å². The van der Waals surface area contributed by atoms with E-state index >= 15 is 0 Å². The Morgan fingerprint density at radius 3 is 2.95 bits per heavy atom. The zero-order valence-corrected chi connectivity index (χ0v) is 10.7. The molecule has 0 aliphatic carbocycles.